The number of anilines is 4. The van der Waals surface area contributed by atoms with Crippen LogP contribution in [0.25, 0.3) is 21.8 Å². The minimum absolute atomic E-state index is 0.0980. The quantitative estimate of drug-likeness (QED) is 0.116. The fourth-order valence-electron chi connectivity index (χ4n) is 7.93. The number of hydrogen-bond donors (Lipinski definition) is 3. The van der Waals surface area contributed by atoms with E-state index < -0.39 is 16.8 Å². The molecule has 2 saturated heterocycles. The second-order valence-corrected chi connectivity index (χ2v) is 19.2. The first-order valence-corrected chi connectivity index (χ1v) is 23.2. The molecule has 3 aliphatic heterocycles. The molecule has 2 fully saturated rings. The summed E-state index contributed by atoms with van der Waals surface area (Å²) in [7, 11) is -1.41. The zero-order valence-electron chi connectivity index (χ0n) is 35.4. The van der Waals surface area contributed by atoms with Gasteiger partial charge in [0.1, 0.15) is 16.8 Å². The van der Waals surface area contributed by atoms with E-state index in [0.29, 0.717) is 105 Å². The smallest absolute Gasteiger partial charge is 0.237 e. The number of rotatable bonds is 12. The molecule has 0 spiro atoms. The van der Waals surface area contributed by atoms with Crippen molar-refractivity contribution in [2.45, 2.75) is 71.3 Å². The average Bonchev–Trinajstić information content (AvgIpc) is 3.71. The van der Waals surface area contributed by atoms with Gasteiger partial charge in [0.05, 0.1) is 39.4 Å². The van der Waals surface area contributed by atoms with Gasteiger partial charge in [-0.05, 0) is 78.4 Å². The van der Waals surface area contributed by atoms with Gasteiger partial charge in [0, 0.05) is 80.5 Å². The topological polar surface area (TPSA) is 166 Å². The van der Waals surface area contributed by atoms with Crippen molar-refractivity contribution >= 4 is 63.2 Å². The van der Waals surface area contributed by atoms with Gasteiger partial charge in [0.15, 0.2) is 5.82 Å². The van der Waals surface area contributed by atoms with Crippen molar-refractivity contribution in [2.75, 3.05) is 60.0 Å². The van der Waals surface area contributed by atoms with Gasteiger partial charge >= 0.3 is 0 Å². The van der Waals surface area contributed by atoms with Gasteiger partial charge in [-0.3, -0.25) is 24.6 Å². The maximum atomic E-state index is 16.1. The molecule has 17 heteroatoms. The van der Waals surface area contributed by atoms with Crippen LogP contribution in [0.15, 0.2) is 67.0 Å². The predicted molar refractivity (Wildman–Crippen MR) is 241 cm³/mol. The number of halogens is 1. The molecule has 2 unspecified atom stereocenters. The van der Waals surface area contributed by atoms with Gasteiger partial charge in [-0.25, -0.2) is 28.5 Å². The molecule has 2 atom stereocenters. The highest BCUT2D eigenvalue weighted by Gasteiger charge is 2.30. The summed E-state index contributed by atoms with van der Waals surface area (Å²) in [6, 6.07) is 16.7. The van der Waals surface area contributed by atoms with Crippen LogP contribution in [-0.4, -0.2) is 96.7 Å². The fourth-order valence-corrected chi connectivity index (χ4v) is 9.91. The summed E-state index contributed by atoms with van der Waals surface area (Å²) >= 11 is 1.47. The lowest BCUT2D eigenvalue weighted by Gasteiger charge is -2.37. The first-order chi connectivity index (χ1) is 29.8. The molecule has 62 heavy (non-hydrogen) atoms. The van der Waals surface area contributed by atoms with Gasteiger partial charge in [-0.1, -0.05) is 39.8 Å². The largest absolute Gasteiger partial charge is 0.354 e. The number of piperidine rings is 1. The molecule has 8 rings (SSSR count). The molecule has 3 aromatic heterocycles. The first kappa shape index (κ1) is 43.0. The van der Waals surface area contributed by atoms with Crippen LogP contribution in [0, 0.1) is 5.82 Å². The maximum absolute atomic E-state index is 16.1. The third kappa shape index (κ3) is 9.69. The summed E-state index contributed by atoms with van der Waals surface area (Å²) in [4.78, 5) is 63.5. The molecule has 5 aromatic rings. The Bertz CT molecular complexity index is 2520. The van der Waals surface area contributed by atoms with Crippen LogP contribution in [-0.2, 0) is 43.7 Å². The number of thiazole rings is 1. The van der Waals surface area contributed by atoms with Crippen LogP contribution < -0.4 is 20.3 Å². The lowest BCUT2D eigenvalue weighted by Crippen LogP contribution is -2.50. The van der Waals surface area contributed by atoms with E-state index in [9.17, 15) is 18.6 Å². The highest BCUT2D eigenvalue weighted by molar-refractivity contribution is 7.86. The zero-order valence-corrected chi connectivity index (χ0v) is 37.0. The number of carbonyl (C=O) groups is 3. The average molecular weight is 879 g/mol. The van der Waals surface area contributed by atoms with Crippen LogP contribution in [0.1, 0.15) is 74.6 Å². The molecule has 6 heterocycles. The Hall–Kier alpha value is -5.65. The first-order valence-electron chi connectivity index (χ1n) is 21.0. The summed E-state index contributed by atoms with van der Waals surface area (Å²) in [6.45, 7) is 12.5. The Morgan fingerprint density at radius 2 is 1.77 bits per heavy atom. The second kappa shape index (κ2) is 18.4. The molecule has 0 radical (unpaired) electrons. The van der Waals surface area contributed by atoms with Gasteiger partial charge in [0.25, 0.3) is 0 Å². The summed E-state index contributed by atoms with van der Waals surface area (Å²) in [5.74, 6) is 0.324. The second-order valence-electron chi connectivity index (χ2n) is 16.9. The van der Waals surface area contributed by atoms with Gasteiger partial charge in [0.2, 0.25) is 23.7 Å². The molecule has 14 nitrogen and oxygen atoms in total. The van der Waals surface area contributed by atoms with E-state index in [1.54, 1.807) is 36.7 Å². The van der Waals surface area contributed by atoms with Crippen molar-refractivity contribution in [3.63, 3.8) is 0 Å². The van der Waals surface area contributed by atoms with Crippen LogP contribution in [0.5, 0.6) is 0 Å². The molecular weight excluding hydrogens is 828 g/mol. The number of pyridine rings is 1. The predicted octanol–water partition coefficient (Wildman–Crippen LogP) is 6.56. The standard InChI is InChI=1S/C45H51FN10O4S2/c1-5-23-62(60)53-34-8-6-7-33(39(34)46)40-41(61-43(52-40)45(2,3)4)35-14-17-48-44(50-35)49-31-10-9-30-26-56(18-15-28(30)24-31)38(58)27-54-19-21-55(22-20-54)36-25-29(13-16-47-36)32-11-12-37(57)51-42(32)59/h6-10,13-14,16-17,24-25,32,53H,5,11-12,15,18-23,26-27H2,1-4H3,(H,48,49,50)(H,51,57,59). The molecule has 0 aliphatic carbocycles. The fraction of sp³-hybridized carbons (Fsp3) is 0.400. The molecule has 0 saturated carbocycles. The number of fused-ring (bicyclic) bond motifs is 1. The van der Waals surface area contributed by atoms with E-state index in [4.69, 9.17) is 9.97 Å². The van der Waals surface area contributed by atoms with Crippen molar-refractivity contribution in [1.82, 2.24) is 35.1 Å². The van der Waals surface area contributed by atoms with Gasteiger partial charge in [-0.2, -0.15) is 0 Å². The molecule has 3 N–H and O–H groups in total. The summed E-state index contributed by atoms with van der Waals surface area (Å²) < 4.78 is 31.3. The van der Waals surface area contributed by atoms with Crippen LogP contribution in [0.4, 0.5) is 27.5 Å². The lowest BCUT2D eigenvalue weighted by molar-refractivity contribution is -0.135. The number of carbonyl (C=O) groups excluding carboxylic acids is 3. The van der Waals surface area contributed by atoms with E-state index in [0.717, 1.165) is 33.2 Å². The van der Waals surface area contributed by atoms with E-state index in [-0.39, 0.29) is 34.7 Å². The summed E-state index contributed by atoms with van der Waals surface area (Å²) in [6.07, 6.45) is 5.63. The van der Waals surface area contributed by atoms with Gasteiger partial charge in [-0.15, -0.1) is 11.3 Å². The number of imide groups is 1. The number of aromatic nitrogens is 4. The highest BCUT2D eigenvalue weighted by Crippen LogP contribution is 2.42. The van der Waals surface area contributed by atoms with Crippen molar-refractivity contribution < 1.29 is 23.0 Å². The van der Waals surface area contributed by atoms with E-state index in [2.05, 4.69) is 62.0 Å². The van der Waals surface area contributed by atoms with Crippen LogP contribution >= 0.6 is 11.3 Å². The maximum Gasteiger partial charge on any atom is 0.237 e. The molecule has 2 aromatic carbocycles. The number of nitrogens with zero attached hydrogens (tertiary/aromatic N) is 7. The Labute approximate surface area is 367 Å². The van der Waals surface area contributed by atoms with Crippen molar-refractivity contribution in [3.8, 4) is 21.8 Å². The number of hydrogen-bond acceptors (Lipinski definition) is 12. The minimum Gasteiger partial charge on any atom is -0.354 e. The molecule has 324 valence electrons. The molecule has 0 bridgehead atoms. The van der Waals surface area contributed by atoms with Gasteiger partial charge < -0.3 is 19.8 Å². The third-order valence-corrected chi connectivity index (χ3v) is 14.0. The number of amides is 3. The Morgan fingerprint density at radius 3 is 2.55 bits per heavy atom. The Morgan fingerprint density at radius 1 is 0.968 bits per heavy atom. The SMILES string of the molecule is CCCS(=O)Nc1cccc(-c2nc(C(C)(C)C)sc2-c2ccnc(Nc3ccc4c(c3)CCN(C(=O)CN3CCN(c5cc(C6CCC(=O)NC6=O)ccn5)CC3)C4)n2)c1F. The number of piperazine rings is 1. The normalized spacial score (nSPS) is 17.7. The number of nitrogens with one attached hydrogen (secondary N) is 3. The van der Waals surface area contributed by atoms with E-state index in [1.807, 2.05) is 36.1 Å². The minimum atomic E-state index is -1.41. The summed E-state index contributed by atoms with van der Waals surface area (Å²) in [5.41, 5.74) is 5.16. The molecule has 3 aliphatic rings. The molecular formula is C45H51FN10O4S2. The van der Waals surface area contributed by atoms with Crippen molar-refractivity contribution in [2.24, 2.45) is 0 Å². The monoisotopic (exact) mass is 878 g/mol. The van der Waals surface area contributed by atoms with Crippen molar-refractivity contribution in [3.05, 3.63) is 94.5 Å². The molecule has 3 amide bonds. The van der Waals surface area contributed by atoms with Crippen molar-refractivity contribution in [1.29, 1.82) is 0 Å². The van der Waals surface area contributed by atoms with E-state index >= 15 is 4.39 Å². The Kier molecular flexibility index (Phi) is 12.7. The Balaban J connectivity index is 0.897. The third-order valence-electron chi connectivity index (χ3n) is 11.3. The number of benzene rings is 2. The lowest BCUT2D eigenvalue weighted by atomic mass is 9.91. The zero-order chi connectivity index (χ0) is 43.5. The van der Waals surface area contributed by atoms with Crippen LogP contribution in [0.3, 0.4) is 0 Å². The van der Waals surface area contributed by atoms with Crippen LogP contribution in [0.2, 0.25) is 0 Å². The van der Waals surface area contributed by atoms with E-state index in [1.165, 1.54) is 11.3 Å². The highest BCUT2D eigenvalue weighted by atomic mass is 32.2. The summed E-state index contributed by atoms with van der Waals surface area (Å²) in [5, 5.41) is 6.63.